The van der Waals surface area contributed by atoms with Crippen LogP contribution in [0.1, 0.15) is 18.7 Å². The van der Waals surface area contributed by atoms with Crippen LogP contribution in [0.25, 0.3) is 0 Å². The fourth-order valence-electron chi connectivity index (χ4n) is 2.31. The first-order valence-electron chi connectivity index (χ1n) is 6.62. The summed E-state index contributed by atoms with van der Waals surface area (Å²) in [5.41, 5.74) is 5.62. The van der Waals surface area contributed by atoms with Crippen molar-refractivity contribution < 1.29 is 8.42 Å². The number of nitrogens with two attached hydrogens (primary N) is 1. The van der Waals surface area contributed by atoms with Gasteiger partial charge in [-0.05, 0) is 18.8 Å². The van der Waals surface area contributed by atoms with Crippen molar-refractivity contribution in [1.82, 2.24) is 14.8 Å². The van der Waals surface area contributed by atoms with E-state index >= 15 is 0 Å². The Balaban J connectivity index is 1.88. The summed E-state index contributed by atoms with van der Waals surface area (Å²) >= 11 is 1.60. The third-order valence-corrected chi connectivity index (χ3v) is 6.21. The molecule has 8 heteroatoms. The first kappa shape index (κ1) is 15.5. The van der Waals surface area contributed by atoms with Crippen LogP contribution < -0.4 is 5.73 Å². The Kier molecular flexibility index (Phi) is 5.22. The van der Waals surface area contributed by atoms with Gasteiger partial charge in [0.1, 0.15) is 5.82 Å². The zero-order valence-corrected chi connectivity index (χ0v) is 13.0. The number of sulfone groups is 1. The molecule has 1 atom stereocenters. The van der Waals surface area contributed by atoms with Crippen molar-refractivity contribution >= 4 is 21.6 Å². The smallest absolute Gasteiger partial charge is 0.191 e. The van der Waals surface area contributed by atoms with Gasteiger partial charge < -0.3 is 10.3 Å². The molecular formula is C12H20N4O2S2. The zero-order chi connectivity index (χ0) is 14.6. The van der Waals surface area contributed by atoms with Crippen LogP contribution in [0.4, 0.5) is 0 Å². The maximum atomic E-state index is 11.4. The number of aromatic nitrogens is 3. The average molecular weight is 316 g/mol. The lowest BCUT2D eigenvalue weighted by atomic mass is 10.1. The van der Waals surface area contributed by atoms with Crippen molar-refractivity contribution in [3.63, 3.8) is 0 Å². The maximum Gasteiger partial charge on any atom is 0.191 e. The third kappa shape index (κ3) is 3.83. The summed E-state index contributed by atoms with van der Waals surface area (Å²) in [4.78, 5) is 0. The molecule has 0 amide bonds. The van der Waals surface area contributed by atoms with Crippen LogP contribution in [-0.4, -0.2) is 40.4 Å². The van der Waals surface area contributed by atoms with Gasteiger partial charge in [0, 0.05) is 12.3 Å². The molecule has 1 aromatic heterocycles. The lowest BCUT2D eigenvalue weighted by Gasteiger charge is -2.08. The van der Waals surface area contributed by atoms with Gasteiger partial charge in [-0.25, -0.2) is 8.42 Å². The minimum absolute atomic E-state index is 0.289. The number of hydrogen-bond acceptors (Lipinski definition) is 6. The Labute approximate surface area is 123 Å². The molecule has 1 fully saturated rings. The molecule has 0 aliphatic carbocycles. The van der Waals surface area contributed by atoms with Crippen LogP contribution in [-0.2, 0) is 22.9 Å². The topological polar surface area (TPSA) is 90.9 Å². The molecule has 1 aliphatic rings. The molecule has 1 saturated heterocycles. The van der Waals surface area contributed by atoms with E-state index in [1.807, 2.05) is 4.57 Å². The Morgan fingerprint density at radius 1 is 1.50 bits per heavy atom. The normalized spacial score (nSPS) is 21.1. The highest BCUT2D eigenvalue weighted by Crippen LogP contribution is 2.25. The first-order chi connectivity index (χ1) is 9.55. The second-order valence-electron chi connectivity index (χ2n) is 4.91. The summed E-state index contributed by atoms with van der Waals surface area (Å²) in [6, 6.07) is 0. The molecule has 2 heterocycles. The van der Waals surface area contributed by atoms with E-state index in [-0.39, 0.29) is 5.92 Å². The monoisotopic (exact) mass is 316 g/mol. The standard InChI is InChI=1S/C12H20N4O2S2/c1-2-5-16-11(8-13)14-15-12(16)19-6-3-10-4-7-20(17,18)9-10/h2,10H,1,3-9,13H2/t10-/m0/s1. The minimum atomic E-state index is -2.78. The number of hydrogen-bond donors (Lipinski definition) is 1. The van der Waals surface area contributed by atoms with Crippen molar-refractivity contribution in [2.45, 2.75) is 31.1 Å². The molecule has 0 bridgehead atoms. The SMILES string of the molecule is C=CCn1c(CN)nnc1SCC[C@H]1CCS(=O)(=O)C1. The molecule has 1 aliphatic heterocycles. The van der Waals surface area contributed by atoms with E-state index in [1.165, 1.54) is 0 Å². The summed E-state index contributed by atoms with van der Waals surface area (Å²) in [6.07, 6.45) is 3.47. The predicted molar refractivity (Wildman–Crippen MR) is 80.2 cm³/mol. The number of thioether (sulfide) groups is 1. The first-order valence-corrected chi connectivity index (χ1v) is 9.42. The highest BCUT2D eigenvalue weighted by molar-refractivity contribution is 7.99. The van der Waals surface area contributed by atoms with Gasteiger partial charge >= 0.3 is 0 Å². The van der Waals surface area contributed by atoms with Gasteiger partial charge in [-0.3, -0.25) is 0 Å². The molecule has 2 rings (SSSR count). The highest BCUT2D eigenvalue weighted by atomic mass is 32.2. The summed E-state index contributed by atoms with van der Waals surface area (Å²) in [5.74, 6) is 2.56. The molecule has 6 nitrogen and oxygen atoms in total. The van der Waals surface area contributed by atoms with Crippen molar-refractivity contribution in [1.29, 1.82) is 0 Å². The lowest BCUT2D eigenvalue weighted by Crippen LogP contribution is -2.09. The summed E-state index contributed by atoms with van der Waals surface area (Å²) in [5, 5.41) is 9.00. The Morgan fingerprint density at radius 2 is 2.30 bits per heavy atom. The van der Waals surface area contributed by atoms with Crippen molar-refractivity contribution in [2.24, 2.45) is 11.7 Å². The van der Waals surface area contributed by atoms with Gasteiger partial charge in [0.2, 0.25) is 0 Å². The molecule has 0 aromatic carbocycles. The van der Waals surface area contributed by atoms with E-state index in [4.69, 9.17) is 5.73 Å². The van der Waals surface area contributed by atoms with Crippen LogP contribution >= 0.6 is 11.8 Å². The molecule has 1 aromatic rings. The van der Waals surface area contributed by atoms with Crippen molar-refractivity contribution in [2.75, 3.05) is 17.3 Å². The quantitative estimate of drug-likeness (QED) is 0.592. The largest absolute Gasteiger partial charge is 0.324 e. The van der Waals surface area contributed by atoms with Gasteiger partial charge in [-0.1, -0.05) is 17.8 Å². The summed E-state index contributed by atoms with van der Waals surface area (Å²) in [6.45, 7) is 4.71. The van der Waals surface area contributed by atoms with Crippen LogP contribution in [0, 0.1) is 5.92 Å². The van der Waals surface area contributed by atoms with Gasteiger partial charge in [0.25, 0.3) is 0 Å². The fraction of sp³-hybridized carbons (Fsp3) is 0.667. The molecule has 0 spiro atoms. The zero-order valence-electron chi connectivity index (χ0n) is 11.4. The molecular weight excluding hydrogens is 296 g/mol. The average Bonchev–Trinajstić information content (AvgIpc) is 2.94. The van der Waals surface area contributed by atoms with Gasteiger partial charge in [0.05, 0.1) is 18.1 Å². The van der Waals surface area contributed by atoms with Crippen LogP contribution in [0.3, 0.4) is 0 Å². The Bertz CT molecular complexity index is 568. The van der Waals surface area contributed by atoms with E-state index in [0.717, 1.165) is 29.6 Å². The van der Waals surface area contributed by atoms with Gasteiger partial charge in [-0.2, -0.15) is 0 Å². The van der Waals surface area contributed by atoms with Crippen LogP contribution in [0.15, 0.2) is 17.8 Å². The Hall–Kier alpha value is -0.860. The third-order valence-electron chi connectivity index (χ3n) is 3.37. The van der Waals surface area contributed by atoms with E-state index in [9.17, 15) is 8.42 Å². The Morgan fingerprint density at radius 3 is 2.90 bits per heavy atom. The minimum Gasteiger partial charge on any atom is -0.324 e. The van der Waals surface area contributed by atoms with E-state index in [2.05, 4.69) is 16.8 Å². The summed E-state index contributed by atoms with van der Waals surface area (Å²) < 4.78 is 24.7. The van der Waals surface area contributed by atoms with E-state index in [1.54, 1.807) is 17.8 Å². The van der Waals surface area contributed by atoms with E-state index in [0.29, 0.717) is 24.6 Å². The number of allylic oxidation sites excluding steroid dienone is 1. The molecule has 20 heavy (non-hydrogen) atoms. The molecule has 0 saturated carbocycles. The lowest BCUT2D eigenvalue weighted by molar-refractivity contribution is 0.573. The van der Waals surface area contributed by atoms with Crippen molar-refractivity contribution in [3.05, 3.63) is 18.5 Å². The highest BCUT2D eigenvalue weighted by Gasteiger charge is 2.27. The van der Waals surface area contributed by atoms with Crippen molar-refractivity contribution in [3.8, 4) is 0 Å². The van der Waals surface area contributed by atoms with Crippen LogP contribution in [0.2, 0.25) is 0 Å². The second-order valence-corrected chi connectivity index (χ2v) is 8.20. The van der Waals surface area contributed by atoms with Gasteiger partial charge in [-0.15, -0.1) is 16.8 Å². The molecule has 2 N–H and O–H groups in total. The molecule has 112 valence electrons. The molecule has 0 radical (unpaired) electrons. The molecule has 0 unspecified atom stereocenters. The van der Waals surface area contributed by atoms with Gasteiger partial charge in [0.15, 0.2) is 15.0 Å². The predicted octanol–water partition coefficient (Wildman–Crippen LogP) is 0.840. The number of nitrogens with zero attached hydrogens (tertiary/aromatic N) is 3. The van der Waals surface area contributed by atoms with E-state index < -0.39 is 9.84 Å². The van der Waals surface area contributed by atoms with Crippen LogP contribution in [0.5, 0.6) is 0 Å². The maximum absolute atomic E-state index is 11.4. The number of rotatable bonds is 7. The second kappa shape index (κ2) is 6.73. The fourth-order valence-corrected chi connectivity index (χ4v) is 5.28. The summed E-state index contributed by atoms with van der Waals surface area (Å²) in [7, 11) is -2.78.